The van der Waals surface area contributed by atoms with Crippen LogP contribution in [0.4, 0.5) is 0 Å². The first-order valence-electron chi connectivity index (χ1n) is 5.43. The maximum atomic E-state index is 11.9. The Morgan fingerprint density at radius 2 is 1.50 bits per heavy atom. The predicted molar refractivity (Wildman–Crippen MR) is 67.9 cm³/mol. The van der Waals surface area contributed by atoms with Crippen molar-refractivity contribution in [3.05, 3.63) is 70.9 Å². The van der Waals surface area contributed by atoms with Gasteiger partial charge in [0.2, 0.25) is 0 Å². The van der Waals surface area contributed by atoms with Gasteiger partial charge in [0.1, 0.15) is 11.3 Å². The molecule has 0 bridgehead atoms. The molecule has 1 aromatic heterocycles. The second-order valence-electron chi connectivity index (χ2n) is 3.84. The summed E-state index contributed by atoms with van der Waals surface area (Å²) in [5.74, 6) is 0.606. The first-order chi connectivity index (χ1) is 8.34. The van der Waals surface area contributed by atoms with Crippen LogP contribution in [-0.2, 0) is 17.4 Å². The molecule has 2 nitrogen and oxygen atoms in total. The Morgan fingerprint density at radius 1 is 0.833 bits per heavy atom. The van der Waals surface area contributed by atoms with E-state index in [1.165, 1.54) is 6.07 Å². The Hall–Kier alpha value is -1.82. The third-order valence-corrected chi connectivity index (χ3v) is 2.69. The van der Waals surface area contributed by atoms with E-state index in [-0.39, 0.29) is 22.8 Å². The van der Waals surface area contributed by atoms with Crippen LogP contribution in [0, 0.1) is 0 Å². The van der Waals surface area contributed by atoms with Crippen molar-refractivity contribution in [3.8, 4) is 11.3 Å². The third-order valence-electron chi connectivity index (χ3n) is 2.69. The van der Waals surface area contributed by atoms with Crippen molar-refractivity contribution in [1.29, 1.82) is 0 Å². The Kier molecular flexibility index (Phi) is 3.67. The van der Waals surface area contributed by atoms with Gasteiger partial charge >= 0.3 is 0 Å². The van der Waals surface area contributed by atoms with Gasteiger partial charge in [-0.15, -0.1) is 0 Å². The van der Waals surface area contributed by atoms with Gasteiger partial charge in [0.15, 0.2) is 5.43 Å². The van der Waals surface area contributed by atoms with E-state index in [4.69, 9.17) is 4.42 Å². The molecule has 0 radical (unpaired) electrons. The van der Waals surface area contributed by atoms with Gasteiger partial charge in [0.05, 0.1) is 5.39 Å². The van der Waals surface area contributed by atoms with Crippen LogP contribution in [0.5, 0.6) is 0 Å². The summed E-state index contributed by atoms with van der Waals surface area (Å²) in [5, 5.41) is 0.618. The summed E-state index contributed by atoms with van der Waals surface area (Å²) in [6, 6.07) is 18.4. The van der Waals surface area contributed by atoms with Crippen LogP contribution in [0.15, 0.2) is 69.9 Å². The van der Waals surface area contributed by atoms with Crippen LogP contribution in [-0.4, -0.2) is 0 Å². The number of rotatable bonds is 1. The van der Waals surface area contributed by atoms with E-state index in [2.05, 4.69) is 0 Å². The molecule has 0 aliphatic heterocycles. The summed E-state index contributed by atoms with van der Waals surface area (Å²) >= 11 is 0. The summed E-state index contributed by atoms with van der Waals surface area (Å²) < 4.78 is 5.73. The quantitative estimate of drug-likeness (QED) is 0.680. The van der Waals surface area contributed by atoms with Gasteiger partial charge in [-0.3, -0.25) is 4.79 Å². The number of benzene rings is 2. The standard InChI is InChI=1S/C15H10O2.Cr/c16-13-10-15(11-6-2-1-3-7-11)17-14-9-5-4-8-12(13)14;/h1-10H;. The van der Waals surface area contributed by atoms with Crippen LogP contribution in [0.1, 0.15) is 0 Å². The number of para-hydroxylation sites is 1. The number of fused-ring (bicyclic) bond motifs is 1. The average molecular weight is 274 g/mol. The minimum Gasteiger partial charge on any atom is -0.456 e. The average Bonchev–Trinajstić information content (AvgIpc) is 2.40. The van der Waals surface area contributed by atoms with E-state index < -0.39 is 0 Å². The molecule has 88 valence electrons. The van der Waals surface area contributed by atoms with Crippen LogP contribution in [0.3, 0.4) is 0 Å². The largest absolute Gasteiger partial charge is 0.456 e. The van der Waals surface area contributed by atoms with Crippen molar-refractivity contribution in [2.45, 2.75) is 0 Å². The monoisotopic (exact) mass is 274 g/mol. The van der Waals surface area contributed by atoms with Crippen molar-refractivity contribution in [1.82, 2.24) is 0 Å². The molecule has 0 unspecified atom stereocenters. The van der Waals surface area contributed by atoms with Crippen molar-refractivity contribution in [2.75, 3.05) is 0 Å². The van der Waals surface area contributed by atoms with Gasteiger partial charge in [-0.05, 0) is 12.1 Å². The molecule has 3 heteroatoms. The molecular weight excluding hydrogens is 264 g/mol. The molecular formula is C15H10CrO2. The first-order valence-corrected chi connectivity index (χ1v) is 5.43. The zero-order chi connectivity index (χ0) is 11.7. The number of hydrogen-bond acceptors (Lipinski definition) is 2. The van der Waals surface area contributed by atoms with Crippen molar-refractivity contribution < 1.29 is 21.8 Å². The zero-order valence-corrected chi connectivity index (χ0v) is 10.8. The molecule has 0 N–H and O–H groups in total. The van der Waals surface area contributed by atoms with Crippen LogP contribution < -0.4 is 5.43 Å². The van der Waals surface area contributed by atoms with E-state index in [0.29, 0.717) is 16.7 Å². The van der Waals surface area contributed by atoms with E-state index in [1.807, 2.05) is 48.5 Å². The molecule has 0 saturated heterocycles. The Morgan fingerprint density at radius 3 is 2.28 bits per heavy atom. The predicted octanol–water partition coefficient (Wildman–Crippen LogP) is 3.46. The maximum Gasteiger partial charge on any atom is 0.193 e. The molecule has 0 fully saturated rings. The Balaban J connectivity index is 0.00000120. The van der Waals surface area contributed by atoms with Crippen LogP contribution in [0.25, 0.3) is 22.3 Å². The third kappa shape index (κ3) is 2.24. The molecule has 0 amide bonds. The van der Waals surface area contributed by atoms with Crippen molar-refractivity contribution in [2.24, 2.45) is 0 Å². The van der Waals surface area contributed by atoms with Gasteiger partial charge < -0.3 is 4.42 Å². The minimum atomic E-state index is -0.00861. The van der Waals surface area contributed by atoms with E-state index >= 15 is 0 Å². The molecule has 3 aromatic rings. The van der Waals surface area contributed by atoms with Gasteiger partial charge in [0.25, 0.3) is 0 Å². The Labute approximate surface area is 115 Å². The smallest absolute Gasteiger partial charge is 0.193 e. The summed E-state index contributed by atoms with van der Waals surface area (Å²) in [5.41, 5.74) is 1.53. The second-order valence-corrected chi connectivity index (χ2v) is 3.84. The topological polar surface area (TPSA) is 30.2 Å². The molecule has 0 spiro atoms. The molecule has 1 heterocycles. The number of hydrogen-bond donors (Lipinski definition) is 0. The SMILES string of the molecule is O=c1cc(-c2ccccc2)oc2ccccc12.[Cr]. The van der Waals surface area contributed by atoms with Gasteiger partial charge in [0, 0.05) is 29.0 Å². The molecule has 2 aromatic carbocycles. The van der Waals surface area contributed by atoms with Gasteiger partial charge in [-0.1, -0.05) is 42.5 Å². The van der Waals surface area contributed by atoms with Crippen LogP contribution in [0.2, 0.25) is 0 Å². The fourth-order valence-corrected chi connectivity index (χ4v) is 1.85. The molecule has 0 saturated carbocycles. The first kappa shape index (κ1) is 12.6. The summed E-state index contributed by atoms with van der Waals surface area (Å²) in [4.78, 5) is 11.9. The summed E-state index contributed by atoms with van der Waals surface area (Å²) in [6.45, 7) is 0. The van der Waals surface area contributed by atoms with Crippen molar-refractivity contribution >= 4 is 11.0 Å². The summed E-state index contributed by atoms with van der Waals surface area (Å²) in [6.07, 6.45) is 0. The van der Waals surface area contributed by atoms with Crippen molar-refractivity contribution in [3.63, 3.8) is 0 Å². The van der Waals surface area contributed by atoms with Crippen LogP contribution >= 0.6 is 0 Å². The van der Waals surface area contributed by atoms with Gasteiger partial charge in [-0.25, -0.2) is 0 Å². The minimum absolute atomic E-state index is 0. The molecule has 18 heavy (non-hydrogen) atoms. The molecule has 0 aliphatic rings. The zero-order valence-electron chi connectivity index (χ0n) is 9.50. The van der Waals surface area contributed by atoms with Gasteiger partial charge in [-0.2, -0.15) is 0 Å². The molecule has 3 rings (SSSR count). The normalized spacial score (nSPS) is 10.0. The fourth-order valence-electron chi connectivity index (χ4n) is 1.85. The van der Waals surface area contributed by atoms with E-state index in [0.717, 1.165) is 5.56 Å². The second kappa shape index (κ2) is 5.22. The Bertz CT molecular complexity index is 717. The van der Waals surface area contributed by atoms with E-state index in [9.17, 15) is 4.79 Å². The molecule has 0 aliphatic carbocycles. The summed E-state index contributed by atoms with van der Waals surface area (Å²) in [7, 11) is 0. The maximum absolute atomic E-state index is 11.9. The fraction of sp³-hybridized carbons (Fsp3) is 0. The molecule has 0 atom stereocenters. The van der Waals surface area contributed by atoms with E-state index in [1.54, 1.807) is 6.07 Å².